The van der Waals surface area contributed by atoms with Gasteiger partial charge in [-0.3, -0.25) is 0 Å². The predicted octanol–water partition coefficient (Wildman–Crippen LogP) is 2.95. The number of nitrogen functional groups attached to an aromatic ring is 1. The number of likely N-dealkylation sites (tertiary alicyclic amines) is 1. The molecule has 3 heterocycles. The van der Waals surface area contributed by atoms with E-state index in [2.05, 4.69) is 40.5 Å². The van der Waals surface area contributed by atoms with Crippen molar-refractivity contribution >= 4 is 11.8 Å². The third-order valence-corrected chi connectivity index (χ3v) is 5.49. The largest absolute Gasteiger partial charge is 0.383 e. The highest BCUT2D eigenvalue weighted by Gasteiger charge is 2.33. The Morgan fingerprint density at radius 1 is 1.12 bits per heavy atom. The van der Waals surface area contributed by atoms with Crippen LogP contribution in [0.1, 0.15) is 45.6 Å². The van der Waals surface area contributed by atoms with E-state index in [-0.39, 0.29) is 0 Å². The quantitative estimate of drug-likeness (QED) is 0.923. The zero-order chi connectivity index (χ0) is 17.3. The Balaban J connectivity index is 1.51. The van der Waals surface area contributed by atoms with E-state index in [4.69, 9.17) is 5.73 Å². The van der Waals surface area contributed by atoms with E-state index < -0.39 is 0 Å². The molecule has 3 rings (SSSR count). The fraction of sp³-hybridized carbons (Fsp3) is 0.789. The summed E-state index contributed by atoms with van der Waals surface area (Å²) in [5.74, 6) is 3.14. The Labute approximate surface area is 146 Å². The molecule has 134 valence electrons. The Kier molecular flexibility index (Phi) is 5.00. The number of aromatic nitrogens is 2. The van der Waals surface area contributed by atoms with E-state index >= 15 is 0 Å². The molecule has 0 aromatic carbocycles. The number of piperidine rings is 1. The maximum absolute atomic E-state index is 5.94. The molecular weight excluding hydrogens is 298 g/mol. The molecule has 1 unspecified atom stereocenters. The molecule has 1 atom stereocenters. The average molecular weight is 332 g/mol. The van der Waals surface area contributed by atoms with Crippen LogP contribution in [-0.2, 0) is 0 Å². The molecule has 5 nitrogen and oxygen atoms in total. The molecule has 2 aliphatic rings. The van der Waals surface area contributed by atoms with E-state index in [1.807, 2.05) is 13.1 Å². The first kappa shape index (κ1) is 17.5. The molecule has 5 heteroatoms. The Hall–Kier alpha value is -1.36. The maximum Gasteiger partial charge on any atom is 0.227 e. The summed E-state index contributed by atoms with van der Waals surface area (Å²) in [6, 6.07) is 0. The highest BCUT2D eigenvalue weighted by molar-refractivity contribution is 5.43. The molecule has 0 amide bonds. The number of aryl methyl sites for hydroxylation is 1. The van der Waals surface area contributed by atoms with Crippen LogP contribution in [-0.4, -0.2) is 47.6 Å². The molecule has 0 spiro atoms. The Morgan fingerprint density at radius 3 is 2.42 bits per heavy atom. The topological polar surface area (TPSA) is 58.3 Å². The highest BCUT2D eigenvalue weighted by atomic mass is 15.3. The SMILES string of the molecule is Cc1cnc(N2CCC(C3CCN(CC(C)(C)C)C3)CC2)nc1N. The molecule has 2 saturated heterocycles. The molecular formula is C19H33N5. The van der Waals surface area contributed by atoms with E-state index in [1.165, 1.54) is 38.9 Å². The normalized spacial score (nSPS) is 23.8. The zero-order valence-electron chi connectivity index (χ0n) is 15.8. The first-order valence-electron chi connectivity index (χ1n) is 9.38. The predicted molar refractivity (Wildman–Crippen MR) is 100 cm³/mol. The van der Waals surface area contributed by atoms with Gasteiger partial charge in [0.15, 0.2) is 0 Å². The first-order chi connectivity index (χ1) is 11.3. The number of hydrogen-bond donors (Lipinski definition) is 1. The van der Waals surface area contributed by atoms with Gasteiger partial charge in [0.2, 0.25) is 5.95 Å². The first-order valence-corrected chi connectivity index (χ1v) is 9.38. The standard InChI is InChI=1S/C19H33N5/c1-14-11-21-18(22-17(14)20)24-9-6-15(7-10-24)16-5-8-23(12-16)13-19(2,3)4/h11,15-16H,5-10,12-13H2,1-4H3,(H2,20,21,22). The van der Waals surface area contributed by atoms with Crippen molar-refractivity contribution in [3.05, 3.63) is 11.8 Å². The van der Waals surface area contributed by atoms with Crippen LogP contribution >= 0.6 is 0 Å². The molecule has 0 bridgehead atoms. The van der Waals surface area contributed by atoms with Crippen molar-refractivity contribution in [3.63, 3.8) is 0 Å². The van der Waals surface area contributed by atoms with Crippen molar-refractivity contribution in [1.82, 2.24) is 14.9 Å². The van der Waals surface area contributed by atoms with Gasteiger partial charge >= 0.3 is 0 Å². The summed E-state index contributed by atoms with van der Waals surface area (Å²) in [5.41, 5.74) is 7.30. The lowest BCUT2D eigenvalue weighted by atomic mass is 9.84. The van der Waals surface area contributed by atoms with Crippen LogP contribution in [0, 0.1) is 24.2 Å². The molecule has 0 saturated carbocycles. The fourth-order valence-corrected chi connectivity index (χ4v) is 4.23. The van der Waals surface area contributed by atoms with Gasteiger partial charge in [0.05, 0.1) is 0 Å². The number of nitrogens with two attached hydrogens (primary N) is 1. The van der Waals surface area contributed by atoms with Gasteiger partial charge in [-0.15, -0.1) is 0 Å². The van der Waals surface area contributed by atoms with Crippen LogP contribution in [0.15, 0.2) is 6.20 Å². The van der Waals surface area contributed by atoms with Gasteiger partial charge in [0.25, 0.3) is 0 Å². The van der Waals surface area contributed by atoms with Crippen molar-refractivity contribution in [1.29, 1.82) is 0 Å². The van der Waals surface area contributed by atoms with Crippen LogP contribution in [0.2, 0.25) is 0 Å². The van der Waals surface area contributed by atoms with Crippen LogP contribution < -0.4 is 10.6 Å². The second-order valence-electron chi connectivity index (χ2n) is 8.91. The van der Waals surface area contributed by atoms with Crippen LogP contribution in [0.25, 0.3) is 0 Å². The summed E-state index contributed by atoms with van der Waals surface area (Å²) in [6.45, 7) is 14.9. The highest BCUT2D eigenvalue weighted by Crippen LogP contribution is 2.33. The van der Waals surface area contributed by atoms with E-state index in [9.17, 15) is 0 Å². The minimum absolute atomic E-state index is 0.404. The number of rotatable bonds is 3. The van der Waals surface area contributed by atoms with Crippen molar-refractivity contribution < 1.29 is 0 Å². The number of nitrogens with zero attached hydrogens (tertiary/aromatic N) is 4. The summed E-state index contributed by atoms with van der Waals surface area (Å²) in [6.07, 6.45) is 5.72. The van der Waals surface area contributed by atoms with Gasteiger partial charge in [-0.25, -0.2) is 4.98 Å². The van der Waals surface area contributed by atoms with Gasteiger partial charge in [-0.05, 0) is 50.0 Å². The number of anilines is 2. The van der Waals surface area contributed by atoms with Gasteiger partial charge in [0, 0.05) is 37.9 Å². The molecule has 0 radical (unpaired) electrons. The van der Waals surface area contributed by atoms with E-state index in [0.29, 0.717) is 11.2 Å². The average Bonchev–Trinajstić information content (AvgIpc) is 2.96. The second kappa shape index (κ2) is 6.87. The summed E-state index contributed by atoms with van der Waals surface area (Å²) >= 11 is 0. The summed E-state index contributed by atoms with van der Waals surface area (Å²) < 4.78 is 0. The van der Waals surface area contributed by atoms with Gasteiger partial charge in [-0.2, -0.15) is 4.98 Å². The van der Waals surface area contributed by atoms with Crippen LogP contribution in [0.5, 0.6) is 0 Å². The van der Waals surface area contributed by atoms with Crippen molar-refractivity contribution in [2.75, 3.05) is 43.4 Å². The lowest BCUT2D eigenvalue weighted by molar-refractivity contribution is 0.203. The third-order valence-electron chi connectivity index (χ3n) is 5.49. The Bertz CT molecular complexity index is 557. The molecule has 0 aliphatic carbocycles. The second-order valence-corrected chi connectivity index (χ2v) is 8.91. The molecule has 1 aromatic rings. The van der Waals surface area contributed by atoms with Crippen LogP contribution in [0.4, 0.5) is 11.8 Å². The summed E-state index contributed by atoms with van der Waals surface area (Å²) in [4.78, 5) is 13.9. The smallest absolute Gasteiger partial charge is 0.227 e. The minimum atomic E-state index is 0.404. The summed E-state index contributed by atoms with van der Waals surface area (Å²) in [7, 11) is 0. The monoisotopic (exact) mass is 331 g/mol. The van der Waals surface area contributed by atoms with Crippen molar-refractivity contribution in [2.24, 2.45) is 17.3 Å². The van der Waals surface area contributed by atoms with Crippen molar-refractivity contribution in [2.45, 2.75) is 47.0 Å². The van der Waals surface area contributed by atoms with Gasteiger partial charge in [0.1, 0.15) is 5.82 Å². The molecule has 24 heavy (non-hydrogen) atoms. The lowest BCUT2D eigenvalue weighted by Crippen LogP contribution is -2.38. The Morgan fingerprint density at radius 2 is 1.79 bits per heavy atom. The number of hydrogen-bond acceptors (Lipinski definition) is 5. The zero-order valence-corrected chi connectivity index (χ0v) is 15.8. The molecule has 2 fully saturated rings. The molecule has 2 N–H and O–H groups in total. The van der Waals surface area contributed by atoms with Gasteiger partial charge < -0.3 is 15.5 Å². The fourth-order valence-electron chi connectivity index (χ4n) is 4.23. The summed E-state index contributed by atoms with van der Waals surface area (Å²) in [5, 5.41) is 0. The van der Waals surface area contributed by atoms with Crippen LogP contribution in [0.3, 0.4) is 0 Å². The molecule has 2 aliphatic heterocycles. The van der Waals surface area contributed by atoms with Crippen molar-refractivity contribution in [3.8, 4) is 0 Å². The van der Waals surface area contributed by atoms with Gasteiger partial charge in [-0.1, -0.05) is 20.8 Å². The van der Waals surface area contributed by atoms with E-state index in [0.717, 1.165) is 36.4 Å². The maximum atomic E-state index is 5.94. The minimum Gasteiger partial charge on any atom is -0.383 e. The lowest BCUT2D eigenvalue weighted by Gasteiger charge is -2.35. The van der Waals surface area contributed by atoms with E-state index in [1.54, 1.807) is 0 Å². The third kappa shape index (κ3) is 4.18. The molecule has 1 aromatic heterocycles.